The highest BCUT2D eigenvalue weighted by molar-refractivity contribution is 7.92. The van der Waals surface area contributed by atoms with Crippen LogP contribution in [0.2, 0.25) is 0 Å². The molecule has 6 heteroatoms. The van der Waals surface area contributed by atoms with Gasteiger partial charge >= 0.3 is 0 Å². The number of nitrogens with one attached hydrogen (secondary N) is 2. The van der Waals surface area contributed by atoms with Gasteiger partial charge in [0.2, 0.25) is 0 Å². The summed E-state index contributed by atoms with van der Waals surface area (Å²) in [4.78, 5) is 0.238. The van der Waals surface area contributed by atoms with Crippen LogP contribution >= 0.6 is 0 Å². The number of aromatic nitrogens is 2. The molecule has 0 aliphatic heterocycles. The quantitative estimate of drug-likeness (QED) is 0.903. The van der Waals surface area contributed by atoms with Gasteiger partial charge in [-0.15, -0.1) is 0 Å². The van der Waals surface area contributed by atoms with Crippen molar-refractivity contribution in [2.75, 3.05) is 4.72 Å². The summed E-state index contributed by atoms with van der Waals surface area (Å²) in [7, 11) is -3.58. The molecule has 0 unspecified atom stereocenters. The van der Waals surface area contributed by atoms with E-state index in [1.54, 1.807) is 24.3 Å². The molecule has 1 heterocycles. The zero-order valence-electron chi connectivity index (χ0n) is 11.1. The third kappa shape index (κ3) is 3.14. The van der Waals surface area contributed by atoms with Crippen LogP contribution in [0.3, 0.4) is 0 Å². The fourth-order valence-corrected chi connectivity index (χ4v) is 2.76. The van der Waals surface area contributed by atoms with E-state index in [9.17, 15) is 8.42 Å². The van der Waals surface area contributed by atoms with Crippen LogP contribution in [0.1, 0.15) is 31.0 Å². The van der Waals surface area contributed by atoms with Gasteiger partial charge in [-0.2, -0.15) is 5.10 Å². The number of benzene rings is 1. The van der Waals surface area contributed by atoms with E-state index in [1.165, 1.54) is 0 Å². The first-order valence-electron chi connectivity index (χ1n) is 6.03. The van der Waals surface area contributed by atoms with Crippen LogP contribution < -0.4 is 4.72 Å². The topological polar surface area (TPSA) is 74.8 Å². The van der Waals surface area contributed by atoms with Gasteiger partial charge in [-0.25, -0.2) is 8.42 Å². The molecule has 1 aromatic heterocycles. The highest BCUT2D eigenvalue weighted by Crippen LogP contribution is 2.18. The molecule has 19 heavy (non-hydrogen) atoms. The summed E-state index contributed by atoms with van der Waals surface area (Å²) in [6.45, 7) is 5.86. The number of aryl methyl sites for hydroxylation is 1. The molecule has 0 fully saturated rings. The van der Waals surface area contributed by atoms with Crippen molar-refractivity contribution in [3.05, 3.63) is 41.6 Å². The molecule has 5 nitrogen and oxygen atoms in total. The van der Waals surface area contributed by atoms with E-state index in [2.05, 4.69) is 14.9 Å². The van der Waals surface area contributed by atoms with E-state index in [0.717, 1.165) is 11.3 Å². The predicted molar refractivity (Wildman–Crippen MR) is 74.7 cm³/mol. The molecule has 2 N–H and O–H groups in total. The minimum atomic E-state index is -3.58. The van der Waals surface area contributed by atoms with Crippen molar-refractivity contribution in [2.45, 2.75) is 31.6 Å². The van der Waals surface area contributed by atoms with Crippen molar-refractivity contribution in [1.29, 1.82) is 0 Å². The Morgan fingerprint density at radius 1 is 1.26 bits per heavy atom. The second-order valence-corrected chi connectivity index (χ2v) is 6.47. The van der Waals surface area contributed by atoms with Crippen LogP contribution in [-0.2, 0) is 10.0 Å². The van der Waals surface area contributed by atoms with Crippen LogP contribution in [0, 0.1) is 6.92 Å². The van der Waals surface area contributed by atoms with Crippen molar-refractivity contribution in [3.8, 4) is 0 Å². The Labute approximate surface area is 113 Å². The van der Waals surface area contributed by atoms with Gasteiger partial charge in [0.15, 0.2) is 5.82 Å². The first kappa shape index (κ1) is 13.6. The Balaban J connectivity index is 2.26. The zero-order valence-corrected chi connectivity index (χ0v) is 12.0. The Morgan fingerprint density at radius 2 is 2.00 bits per heavy atom. The number of aromatic amines is 1. The molecular weight excluding hydrogens is 262 g/mol. The van der Waals surface area contributed by atoms with E-state index in [4.69, 9.17) is 0 Å². The van der Waals surface area contributed by atoms with Crippen LogP contribution in [0.5, 0.6) is 0 Å². The monoisotopic (exact) mass is 279 g/mol. The molecule has 0 saturated heterocycles. The normalized spacial score (nSPS) is 11.8. The SMILES string of the molecule is Cc1cccc(S(=O)(=O)Nc2cc(C(C)C)[nH]n2)c1. The summed E-state index contributed by atoms with van der Waals surface area (Å²) < 4.78 is 26.8. The molecule has 0 aliphatic rings. The fraction of sp³-hybridized carbons (Fsp3) is 0.308. The van der Waals surface area contributed by atoms with Crippen molar-refractivity contribution >= 4 is 15.8 Å². The standard InChI is InChI=1S/C13H17N3O2S/c1-9(2)12-8-13(15-14-12)16-19(17,18)11-6-4-5-10(3)7-11/h4-9H,1-3H3,(H2,14,15,16). The number of anilines is 1. The second kappa shape index (κ2) is 5.05. The number of rotatable bonds is 4. The van der Waals surface area contributed by atoms with Crippen LogP contribution in [-0.4, -0.2) is 18.6 Å². The highest BCUT2D eigenvalue weighted by Gasteiger charge is 2.16. The van der Waals surface area contributed by atoms with E-state index >= 15 is 0 Å². The van der Waals surface area contributed by atoms with Gasteiger partial charge in [-0.1, -0.05) is 26.0 Å². The average molecular weight is 279 g/mol. The van der Waals surface area contributed by atoms with E-state index < -0.39 is 10.0 Å². The lowest BCUT2D eigenvalue weighted by Gasteiger charge is -2.05. The maximum Gasteiger partial charge on any atom is 0.263 e. The maximum atomic E-state index is 12.2. The van der Waals surface area contributed by atoms with Crippen LogP contribution in [0.25, 0.3) is 0 Å². The summed E-state index contributed by atoms with van der Waals surface area (Å²) in [5.41, 5.74) is 1.79. The molecule has 0 aliphatic carbocycles. The Bertz CT molecular complexity index is 675. The Hall–Kier alpha value is -1.82. The van der Waals surface area contributed by atoms with Gasteiger partial charge in [0.05, 0.1) is 4.90 Å². The molecule has 0 spiro atoms. The van der Waals surface area contributed by atoms with Crippen molar-refractivity contribution in [3.63, 3.8) is 0 Å². The molecule has 2 rings (SSSR count). The fourth-order valence-electron chi connectivity index (χ4n) is 1.66. The van der Waals surface area contributed by atoms with Crippen LogP contribution in [0.15, 0.2) is 35.2 Å². The van der Waals surface area contributed by atoms with Gasteiger partial charge in [-0.05, 0) is 30.5 Å². The molecule has 2 aromatic rings. The number of sulfonamides is 1. The Morgan fingerprint density at radius 3 is 2.58 bits per heavy atom. The average Bonchev–Trinajstić information content (AvgIpc) is 2.77. The first-order chi connectivity index (χ1) is 8.88. The summed E-state index contributed by atoms with van der Waals surface area (Å²) in [6, 6.07) is 8.46. The van der Waals surface area contributed by atoms with Crippen LogP contribution in [0.4, 0.5) is 5.82 Å². The zero-order chi connectivity index (χ0) is 14.0. The van der Waals surface area contributed by atoms with E-state index in [0.29, 0.717) is 5.82 Å². The predicted octanol–water partition coefficient (Wildman–Crippen LogP) is 2.64. The number of hydrogen-bond donors (Lipinski definition) is 2. The van der Waals surface area contributed by atoms with Gasteiger partial charge in [-0.3, -0.25) is 9.82 Å². The van der Waals surface area contributed by atoms with Gasteiger partial charge in [0.25, 0.3) is 10.0 Å². The number of H-pyrrole nitrogens is 1. The third-order valence-electron chi connectivity index (χ3n) is 2.76. The summed E-state index contributed by atoms with van der Waals surface area (Å²) >= 11 is 0. The minimum Gasteiger partial charge on any atom is -0.280 e. The molecule has 0 atom stereocenters. The Kier molecular flexibility index (Phi) is 3.61. The first-order valence-corrected chi connectivity index (χ1v) is 7.51. The number of nitrogens with zero attached hydrogens (tertiary/aromatic N) is 1. The van der Waals surface area contributed by atoms with E-state index in [-0.39, 0.29) is 10.8 Å². The lowest BCUT2D eigenvalue weighted by atomic mass is 10.1. The second-order valence-electron chi connectivity index (χ2n) is 4.79. The molecule has 1 aromatic carbocycles. The summed E-state index contributed by atoms with van der Waals surface area (Å²) in [6.07, 6.45) is 0. The van der Waals surface area contributed by atoms with Gasteiger partial charge in [0.1, 0.15) is 0 Å². The summed E-state index contributed by atoms with van der Waals surface area (Å²) in [5.74, 6) is 0.579. The van der Waals surface area contributed by atoms with Crippen molar-refractivity contribution in [1.82, 2.24) is 10.2 Å². The summed E-state index contributed by atoms with van der Waals surface area (Å²) in [5, 5.41) is 6.77. The molecule has 102 valence electrons. The molecule has 0 bridgehead atoms. The molecule has 0 radical (unpaired) electrons. The van der Waals surface area contributed by atoms with Gasteiger partial charge < -0.3 is 0 Å². The number of hydrogen-bond acceptors (Lipinski definition) is 3. The van der Waals surface area contributed by atoms with E-state index in [1.807, 2.05) is 26.8 Å². The minimum absolute atomic E-state index is 0.238. The van der Waals surface area contributed by atoms with Gasteiger partial charge in [0, 0.05) is 11.8 Å². The van der Waals surface area contributed by atoms with Crippen molar-refractivity contribution < 1.29 is 8.42 Å². The lowest BCUT2D eigenvalue weighted by molar-refractivity contribution is 0.601. The van der Waals surface area contributed by atoms with Crippen molar-refractivity contribution in [2.24, 2.45) is 0 Å². The third-order valence-corrected chi connectivity index (χ3v) is 4.11. The molecule has 0 amide bonds. The maximum absolute atomic E-state index is 12.2. The smallest absolute Gasteiger partial charge is 0.263 e. The lowest BCUT2D eigenvalue weighted by Crippen LogP contribution is -2.13. The molecule has 0 saturated carbocycles. The largest absolute Gasteiger partial charge is 0.280 e. The molecular formula is C13H17N3O2S. The highest BCUT2D eigenvalue weighted by atomic mass is 32.2.